The van der Waals surface area contributed by atoms with Gasteiger partial charge in [-0.3, -0.25) is 9.59 Å². The Morgan fingerprint density at radius 2 is 1.52 bits per heavy atom. The lowest BCUT2D eigenvalue weighted by atomic mass is 9.95. The SMILES string of the molecule is CC.CC(=O)CCCCCNC(=O)CCC(=O)N1Cc2ccccc2-c2c(nnn2C)-c2ccccc21.CCCCC.[HH]. The zero-order chi connectivity index (χ0) is 30.9. The van der Waals surface area contributed by atoms with Crippen LogP contribution in [0.2, 0.25) is 0 Å². The van der Waals surface area contributed by atoms with Crippen molar-refractivity contribution in [1.29, 1.82) is 0 Å². The molecule has 230 valence electrons. The highest BCUT2D eigenvalue weighted by molar-refractivity contribution is 6.01. The van der Waals surface area contributed by atoms with Crippen LogP contribution in [0.15, 0.2) is 48.5 Å². The summed E-state index contributed by atoms with van der Waals surface area (Å²) in [4.78, 5) is 38.5. The fourth-order valence-electron chi connectivity index (χ4n) is 4.82. The summed E-state index contributed by atoms with van der Waals surface area (Å²) < 4.78 is 1.77. The van der Waals surface area contributed by atoms with Gasteiger partial charge in [0.05, 0.1) is 17.9 Å². The maximum absolute atomic E-state index is 13.4. The van der Waals surface area contributed by atoms with Gasteiger partial charge in [-0.1, -0.05) is 101 Å². The molecule has 4 rings (SSSR count). The lowest BCUT2D eigenvalue weighted by molar-refractivity contribution is -0.125. The molecule has 1 N–H and O–H groups in total. The quantitative estimate of drug-likeness (QED) is 0.238. The lowest BCUT2D eigenvalue weighted by Gasteiger charge is -2.28. The Bertz CT molecular complexity index is 1290. The summed E-state index contributed by atoms with van der Waals surface area (Å²) in [5.74, 6) is -0.0606. The summed E-state index contributed by atoms with van der Waals surface area (Å²) in [6, 6.07) is 15.7. The molecule has 0 bridgehead atoms. The minimum absolute atomic E-state index is 0. The molecule has 8 heteroatoms. The minimum Gasteiger partial charge on any atom is -0.356 e. The molecule has 0 radical (unpaired) electrons. The molecule has 0 aliphatic carbocycles. The number of anilines is 1. The van der Waals surface area contributed by atoms with E-state index in [1.807, 2.05) is 69.4 Å². The molecule has 1 aliphatic rings. The number of aryl methyl sites for hydroxylation is 1. The average molecular weight is 578 g/mol. The van der Waals surface area contributed by atoms with E-state index >= 15 is 0 Å². The molecule has 8 nitrogen and oxygen atoms in total. The Hall–Kier alpha value is -3.81. The molecule has 1 aromatic heterocycles. The topological polar surface area (TPSA) is 97.2 Å². The van der Waals surface area contributed by atoms with Gasteiger partial charge in [0, 0.05) is 45.4 Å². The molecule has 0 fully saturated rings. The van der Waals surface area contributed by atoms with Crippen LogP contribution in [-0.4, -0.2) is 39.1 Å². The lowest BCUT2D eigenvalue weighted by Crippen LogP contribution is -2.33. The first kappa shape index (κ1) is 34.4. The number of amides is 2. The highest BCUT2D eigenvalue weighted by Crippen LogP contribution is 2.40. The van der Waals surface area contributed by atoms with E-state index in [1.54, 1.807) is 16.5 Å². The third kappa shape index (κ3) is 9.93. The molecule has 3 aromatic rings. The van der Waals surface area contributed by atoms with Crippen molar-refractivity contribution in [2.45, 2.75) is 99.0 Å². The largest absolute Gasteiger partial charge is 0.356 e. The van der Waals surface area contributed by atoms with Gasteiger partial charge in [0.25, 0.3) is 0 Å². The molecule has 0 unspecified atom stereocenters. The molecule has 1 aliphatic heterocycles. The average Bonchev–Trinajstić information content (AvgIpc) is 3.37. The number of ketones is 1. The molecule has 0 spiro atoms. The number of hydrogen-bond donors (Lipinski definition) is 1. The van der Waals surface area contributed by atoms with Crippen LogP contribution in [0.5, 0.6) is 0 Å². The van der Waals surface area contributed by atoms with Crippen LogP contribution in [0.3, 0.4) is 0 Å². The predicted octanol–water partition coefficient (Wildman–Crippen LogP) is 7.51. The summed E-state index contributed by atoms with van der Waals surface area (Å²) in [5.41, 5.74) is 5.24. The van der Waals surface area contributed by atoms with Crippen molar-refractivity contribution in [3.05, 3.63) is 54.1 Å². The molecule has 0 saturated carbocycles. The molecule has 2 aromatic carbocycles. The smallest absolute Gasteiger partial charge is 0.227 e. The number of carbonyl (C=O) groups excluding carboxylic acids is 3. The van der Waals surface area contributed by atoms with Gasteiger partial charge < -0.3 is 15.0 Å². The van der Waals surface area contributed by atoms with Crippen molar-refractivity contribution in [3.63, 3.8) is 0 Å². The number of fused-ring (bicyclic) bond motifs is 5. The summed E-state index contributed by atoms with van der Waals surface area (Å²) in [5, 5.41) is 11.6. The minimum atomic E-state index is -0.137. The van der Waals surface area contributed by atoms with Crippen LogP contribution in [-0.2, 0) is 28.0 Å². The van der Waals surface area contributed by atoms with Gasteiger partial charge in [-0.2, -0.15) is 0 Å². The number of aromatic nitrogens is 3. The van der Waals surface area contributed by atoms with Gasteiger partial charge in [0.15, 0.2) is 0 Å². The highest BCUT2D eigenvalue weighted by atomic mass is 16.2. The first-order chi connectivity index (χ1) is 20.4. The number of benzene rings is 2. The molecule has 0 atom stereocenters. The van der Waals surface area contributed by atoms with Crippen molar-refractivity contribution in [3.8, 4) is 22.5 Å². The number of para-hydroxylation sites is 1. The van der Waals surface area contributed by atoms with Crippen LogP contribution in [0, 0.1) is 0 Å². The maximum Gasteiger partial charge on any atom is 0.227 e. The normalized spacial score (nSPS) is 11.2. The molecule has 2 amide bonds. The summed E-state index contributed by atoms with van der Waals surface area (Å²) >= 11 is 0. The zero-order valence-electron chi connectivity index (χ0n) is 26.4. The first-order valence-corrected chi connectivity index (χ1v) is 15.5. The number of rotatable bonds is 11. The van der Waals surface area contributed by atoms with Gasteiger partial charge in [-0.05, 0) is 31.4 Å². The molecule has 0 saturated heterocycles. The molecular formula is C34H51N5O3. The monoisotopic (exact) mass is 577 g/mol. The Balaban J connectivity index is 0.00000105. The maximum atomic E-state index is 13.4. The van der Waals surface area contributed by atoms with Crippen molar-refractivity contribution < 1.29 is 15.8 Å². The second kappa shape index (κ2) is 18.6. The van der Waals surface area contributed by atoms with E-state index in [4.69, 9.17) is 0 Å². The third-order valence-corrected chi connectivity index (χ3v) is 6.98. The number of nitrogens with one attached hydrogen (secondary N) is 1. The van der Waals surface area contributed by atoms with Crippen LogP contribution in [0.1, 0.15) is 99.4 Å². The van der Waals surface area contributed by atoms with Crippen LogP contribution in [0.4, 0.5) is 5.69 Å². The second-order valence-electron chi connectivity index (χ2n) is 10.3. The predicted molar refractivity (Wildman–Crippen MR) is 173 cm³/mol. The van der Waals surface area contributed by atoms with E-state index in [1.165, 1.54) is 19.3 Å². The van der Waals surface area contributed by atoms with Crippen molar-refractivity contribution in [2.75, 3.05) is 11.4 Å². The Labute approximate surface area is 253 Å². The van der Waals surface area contributed by atoms with E-state index in [-0.39, 0.29) is 31.9 Å². The van der Waals surface area contributed by atoms with Gasteiger partial charge in [-0.25, -0.2) is 4.68 Å². The van der Waals surface area contributed by atoms with E-state index in [2.05, 4.69) is 29.5 Å². The summed E-state index contributed by atoms with van der Waals surface area (Å²) in [6.07, 6.45) is 7.46. The van der Waals surface area contributed by atoms with E-state index in [9.17, 15) is 14.4 Å². The fraction of sp³-hybridized carbons (Fsp3) is 0.500. The Morgan fingerprint density at radius 1 is 0.857 bits per heavy atom. The van der Waals surface area contributed by atoms with Gasteiger partial charge >= 0.3 is 0 Å². The summed E-state index contributed by atoms with van der Waals surface area (Å²) in [6.45, 7) is 11.0. The first-order valence-electron chi connectivity index (χ1n) is 15.5. The highest BCUT2D eigenvalue weighted by Gasteiger charge is 2.28. The Morgan fingerprint density at radius 3 is 2.19 bits per heavy atom. The number of carbonyl (C=O) groups is 3. The van der Waals surface area contributed by atoms with Crippen LogP contribution < -0.4 is 10.2 Å². The van der Waals surface area contributed by atoms with Gasteiger partial charge in [0.2, 0.25) is 11.8 Å². The van der Waals surface area contributed by atoms with Crippen LogP contribution >= 0.6 is 0 Å². The van der Waals surface area contributed by atoms with Crippen molar-refractivity contribution in [2.24, 2.45) is 7.05 Å². The molecule has 42 heavy (non-hydrogen) atoms. The van der Waals surface area contributed by atoms with Gasteiger partial charge in [-0.15, -0.1) is 5.10 Å². The van der Waals surface area contributed by atoms with Crippen molar-refractivity contribution >= 4 is 23.3 Å². The fourth-order valence-corrected chi connectivity index (χ4v) is 4.82. The zero-order valence-corrected chi connectivity index (χ0v) is 26.4. The van der Waals surface area contributed by atoms with Gasteiger partial charge in [0.1, 0.15) is 11.5 Å². The third-order valence-electron chi connectivity index (χ3n) is 6.98. The Kier molecular flexibility index (Phi) is 15.2. The standard InChI is InChI=1S/C27H31N5O3.C5H12.C2H6.H2/c1-19(33)10-4-3-9-17-28-24(34)15-16-25(35)32-18-20-11-5-6-12-21(20)27-26(29-30-31(27)2)22-13-7-8-14-23(22)32;1-3-5-4-2;1-2;/h5-8,11-14H,3-4,9-10,15-18H2,1-2H3,(H,28,34);3-5H2,1-2H3;1-2H3;1H. The van der Waals surface area contributed by atoms with E-state index < -0.39 is 0 Å². The molecular weight excluding hydrogens is 526 g/mol. The number of hydrogen-bond acceptors (Lipinski definition) is 5. The summed E-state index contributed by atoms with van der Waals surface area (Å²) in [7, 11) is 1.87. The number of nitrogens with zero attached hydrogens (tertiary/aromatic N) is 4. The van der Waals surface area contributed by atoms with E-state index in [0.29, 0.717) is 19.5 Å². The van der Waals surface area contributed by atoms with Crippen LogP contribution in [0.25, 0.3) is 22.5 Å². The second-order valence-corrected chi connectivity index (χ2v) is 10.3. The van der Waals surface area contributed by atoms with Crippen molar-refractivity contribution in [1.82, 2.24) is 20.3 Å². The van der Waals surface area contributed by atoms with E-state index in [0.717, 1.165) is 53.0 Å². The number of unbranched alkanes of at least 4 members (excludes halogenated alkanes) is 4. The number of Topliss-reactive ketones (excluding diaryl/α,β-unsaturated/α-hetero) is 1. The molecule has 2 heterocycles.